The molecule has 1 fully saturated rings. The van der Waals surface area contributed by atoms with Crippen molar-refractivity contribution < 1.29 is 4.79 Å². The van der Waals surface area contributed by atoms with Crippen molar-refractivity contribution in [2.24, 2.45) is 0 Å². The lowest BCUT2D eigenvalue weighted by Gasteiger charge is -2.11. The highest BCUT2D eigenvalue weighted by Gasteiger charge is 2.16. The smallest absolute Gasteiger partial charge is 0.319 e. The summed E-state index contributed by atoms with van der Waals surface area (Å²) in [5.41, 5.74) is 0.709. The Morgan fingerprint density at radius 2 is 2.53 bits per heavy atom. The number of carbonyl (C=O) groups is 1. The fraction of sp³-hybridized carbons (Fsp3) is 0.400. The standard InChI is InChI=1S/C10H14N4O/c15-10(14-9-3-5-12-7-9)13-8-2-1-4-11-6-8/h1-2,4,6,9,12H,3,5,7H2,(H2,13,14,15)/t9-/m1/s1. The lowest BCUT2D eigenvalue weighted by atomic mass is 10.3. The van der Waals surface area contributed by atoms with Crippen LogP contribution in [0.1, 0.15) is 6.42 Å². The summed E-state index contributed by atoms with van der Waals surface area (Å²) < 4.78 is 0. The molecule has 1 aromatic heterocycles. The summed E-state index contributed by atoms with van der Waals surface area (Å²) in [5, 5.41) is 8.80. The molecule has 1 aliphatic heterocycles. The molecule has 2 rings (SSSR count). The number of carbonyl (C=O) groups excluding carboxylic acids is 1. The van der Waals surface area contributed by atoms with Crippen molar-refractivity contribution in [1.29, 1.82) is 0 Å². The summed E-state index contributed by atoms with van der Waals surface area (Å²) >= 11 is 0. The van der Waals surface area contributed by atoms with Gasteiger partial charge < -0.3 is 16.0 Å². The molecule has 0 bridgehead atoms. The van der Waals surface area contributed by atoms with Crippen molar-refractivity contribution in [2.75, 3.05) is 18.4 Å². The van der Waals surface area contributed by atoms with Crippen LogP contribution in [0.5, 0.6) is 0 Å². The molecule has 1 aromatic rings. The van der Waals surface area contributed by atoms with Crippen LogP contribution >= 0.6 is 0 Å². The molecule has 5 nitrogen and oxygen atoms in total. The minimum atomic E-state index is -0.170. The van der Waals surface area contributed by atoms with Gasteiger partial charge in [-0.25, -0.2) is 4.79 Å². The van der Waals surface area contributed by atoms with Crippen LogP contribution in [0, 0.1) is 0 Å². The largest absolute Gasteiger partial charge is 0.334 e. The summed E-state index contributed by atoms with van der Waals surface area (Å²) in [5.74, 6) is 0. The first-order chi connectivity index (χ1) is 7.34. The van der Waals surface area contributed by atoms with Gasteiger partial charge in [0.1, 0.15) is 0 Å². The average molecular weight is 206 g/mol. The Hall–Kier alpha value is -1.62. The Morgan fingerprint density at radius 3 is 3.20 bits per heavy atom. The van der Waals surface area contributed by atoms with Crippen molar-refractivity contribution in [1.82, 2.24) is 15.6 Å². The third kappa shape index (κ3) is 2.92. The molecule has 0 radical (unpaired) electrons. The Bertz CT molecular complexity index is 321. The number of hydrogen-bond acceptors (Lipinski definition) is 3. The normalized spacial score (nSPS) is 19.9. The minimum absolute atomic E-state index is 0.170. The molecule has 0 spiro atoms. The van der Waals surface area contributed by atoms with E-state index in [2.05, 4.69) is 20.9 Å². The molecule has 0 aromatic carbocycles. The highest BCUT2D eigenvalue weighted by Crippen LogP contribution is 2.03. The zero-order valence-corrected chi connectivity index (χ0v) is 8.36. The van der Waals surface area contributed by atoms with E-state index in [0.717, 1.165) is 19.5 Å². The van der Waals surface area contributed by atoms with Gasteiger partial charge in [0.05, 0.1) is 11.9 Å². The molecule has 1 atom stereocenters. The highest BCUT2D eigenvalue weighted by molar-refractivity contribution is 5.89. The second-order valence-electron chi connectivity index (χ2n) is 3.53. The number of rotatable bonds is 2. The van der Waals surface area contributed by atoms with Crippen LogP contribution in [0.25, 0.3) is 0 Å². The topological polar surface area (TPSA) is 66.0 Å². The first-order valence-electron chi connectivity index (χ1n) is 5.03. The highest BCUT2D eigenvalue weighted by atomic mass is 16.2. The SMILES string of the molecule is O=C(Nc1cccnc1)N[C@@H]1CCNC1. The first kappa shape index (κ1) is 9.92. The molecule has 0 unspecified atom stereocenters. The molecule has 0 saturated carbocycles. The quantitative estimate of drug-likeness (QED) is 0.662. The Balaban J connectivity index is 1.82. The molecule has 2 amide bonds. The number of urea groups is 1. The fourth-order valence-corrected chi connectivity index (χ4v) is 1.57. The van der Waals surface area contributed by atoms with Crippen molar-refractivity contribution in [3.8, 4) is 0 Å². The monoisotopic (exact) mass is 206 g/mol. The van der Waals surface area contributed by atoms with Gasteiger partial charge >= 0.3 is 6.03 Å². The first-order valence-corrected chi connectivity index (χ1v) is 5.03. The van der Waals surface area contributed by atoms with Crippen LogP contribution in [-0.4, -0.2) is 30.1 Å². The van der Waals surface area contributed by atoms with Crippen LogP contribution in [0.3, 0.4) is 0 Å². The van der Waals surface area contributed by atoms with Gasteiger partial charge in [-0.05, 0) is 25.1 Å². The van der Waals surface area contributed by atoms with E-state index in [1.807, 2.05) is 0 Å². The number of nitrogens with zero attached hydrogens (tertiary/aromatic N) is 1. The Morgan fingerprint density at radius 1 is 1.60 bits per heavy atom. The summed E-state index contributed by atoms with van der Waals surface area (Å²) in [6.45, 7) is 1.82. The van der Waals surface area contributed by atoms with E-state index in [1.165, 1.54) is 0 Å². The summed E-state index contributed by atoms with van der Waals surface area (Å²) in [4.78, 5) is 15.4. The third-order valence-electron chi connectivity index (χ3n) is 2.31. The predicted molar refractivity (Wildman–Crippen MR) is 57.7 cm³/mol. The maximum atomic E-state index is 11.5. The van der Waals surface area contributed by atoms with Gasteiger partial charge in [0, 0.05) is 18.8 Å². The zero-order valence-electron chi connectivity index (χ0n) is 8.36. The van der Waals surface area contributed by atoms with E-state index in [-0.39, 0.29) is 12.1 Å². The summed E-state index contributed by atoms with van der Waals surface area (Å²) in [6.07, 6.45) is 4.27. The van der Waals surface area contributed by atoms with Crippen molar-refractivity contribution in [3.05, 3.63) is 24.5 Å². The maximum absolute atomic E-state index is 11.5. The lowest BCUT2D eigenvalue weighted by molar-refractivity contribution is 0.249. The molecule has 80 valence electrons. The van der Waals surface area contributed by atoms with Crippen LogP contribution in [0.2, 0.25) is 0 Å². The predicted octanol–water partition coefficient (Wildman–Crippen LogP) is 0.565. The minimum Gasteiger partial charge on any atom is -0.334 e. The summed E-state index contributed by atoms with van der Waals surface area (Å²) in [6, 6.07) is 3.66. The number of nitrogens with one attached hydrogen (secondary N) is 3. The van der Waals surface area contributed by atoms with E-state index in [1.54, 1.807) is 24.5 Å². The van der Waals surface area contributed by atoms with Crippen LogP contribution in [-0.2, 0) is 0 Å². The van der Waals surface area contributed by atoms with Gasteiger partial charge in [0.15, 0.2) is 0 Å². The third-order valence-corrected chi connectivity index (χ3v) is 2.31. The number of aromatic nitrogens is 1. The Kier molecular flexibility index (Phi) is 3.14. The molecule has 5 heteroatoms. The van der Waals surface area contributed by atoms with E-state index in [4.69, 9.17) is 0 Å². The van der Waals surface area contributed by atoms with Crippen molar-refractivity contribution in [2.45, 2.75) is 12.5 Å². The van der Waals surface area contributed by atoms with Crippen LogP contribution in [0.4, 0.5) is 10.5 Å². The van der Waals surface area contributed by atoms with Gasteiger partial charge in [-0.1, -0.05) is 0 Å². The van der Waals surface area contributed by atoms with Crippen molar-refractivity contribution in [3.63, 3.8) is 0 Å². The second kappa shape index (κ2) is 4.75. The van der Waals surface area contributed by atoms with Gasteiger partial charge in [-0.15, -0.1) is 0 Å². The molecule has 15 heavy (non-hydrogen) atoms. The molecule has 3 N–H and O–H groups in total. The molecular weight excluding hydrogens is 192 g/mol. The van der Waals surface area contributed by atoms with Gasteiger partial charge in [0.25, 0.3) is 0 Å². The molecule has 2 heterocycles. The molecule has 0 aliphatic carbocycles. The van der Waals surface area contributed by atoms with Gasteiger partial charge in [-0.3, -0.25) is 4.98 Å². The van der Waals surface area contributed by atoms with Gasteiger partial charge in [0.2, 0.25) is 0 Å². The fourth-order valence-electron chi connectivity index (χ4n) is 1.57. The number of amides is 2. The Labute approximate surface area is 88.3 Å². The molecule has 1 aliphatic rings. The maximum Gasteiger partial charge on any atom is 0.319 e. The molecular formula is C10H14N4O. The van der Waals surface area contributed by atoms with Gasteiger partial charge in [-0.2, -0.15) is 0 Å². The molecule has 1 saturated heterocycles. The number of anilines is 1. The van der Waals surface area contributed by atoms with Crippen LogP contribution < -0.4 is 16.0 Å². The number of hydrogen-bond donors (Lipinski definition) is 3. The summed E-state index contributed by atoms with van der Waals surface area (Å²) in [7, 11) is 0. The van der Waals surface area contributed by atoms with Crippen LogP contribution in [0.15, 0.2) is 24.5 Å². The second-order valence-corrected chi connectivity index (χ2v) is 3.53. The van der Waals surface area contributed by atoms with E-state index >= 15 is 0 Å². The average Bonchev–Trinajstić information content (AvgIpc) is 2.71. The van der Waals surface area contributed by atoms with E-state index < -0.39 is 0 Å². The van der Waals surface area contributed by atoms with Crippen molar-refractivity contribution >= 4 is 11.7 Å². The zero-order chi connectivity index (χ0) is 10.5. The number of pyridine rings is 1. The van der Waals surface area contributed by atoms with E-state index in [9.17, 15) is 4.79 Å². The lowest BCUT2D eigenvalue weighted by Crippen LogP contribution is -2.39. The van der Waals surface area contributed by atoms with E-state index in [0.29, 0.717) is 5.69 Å².